The summed E-state index contributed by atoms with van der Waals surface area (Å²) in [6.45, 7) is 2.93. The van der Waals surface area contributed by atoms with Crippen LogP contribution in [0.2, 0.25) is 0 Å². The Hall–Kier alpha value is -2.92. The van der Waals surface area contributed by atoms with Crippen molar-refractivity contribution in [2.24, 2.45) is 0 Å². The second-order valence-electron chi connectivity index (χ2n) is 5.76. The van der Waals surface area contributed by atoms with Gasteiger partial charge in [0.05, 0.1) is 10.7 Å². The van der Waals surface area contributed by atoms with E-state index in [0.717, 1.165) is 27.6 Å². The topological polar surface area (TPSA) is 51.2 Å². The molecule has 3 rings (SSSR count). The molecule has 1 heterocycles. The maximum Gasteiger partial charge on any atom is 0.244 e. The van der Waals surface area contributed by atoms with Gasteiger partial charge in [-0.1, -0.05) is 42.5 Å². The van der Waals surface area contributed by atoms with Gasteiger partial charge in [0.25, 0.3) is 0 Å². The van der Waals surface area contributed by atoms with Crippen LogP contribution in [-0.2, 0) is 17.9 Å². The Bertz CT molecular complexity index is 888. The lowest BCUT2D eigenvalue weighted by Gasteiger charge is -2.05. The number of thiazole rings is 1. The molecule has 0 aliphatic heterocycles. The Morgan fingerprint density at radius 1 is 1.19 bits per heavy atom. The lowest BCUT2D eigenvalue weighted by atomic mass is 10.2. The molecule has 0 bridgehead atoms. The number of carbonyl (C=O) groups excluding carboxylic acids is 1. The fourth-order valence-electron chi connectivity index (χ4n) is 2.36. The van der Waals surface area contributed by atoms with Crippen molar-refractivity contribution in [2.45, 2.75) is 20.1 Å². The number of ether oxygens (including phenoxy) is 1. The second kappa shape index (κ2) is 8.97. The summed E-state index contributed by atoms with van der Waals surface area (Å²) >= 11 is 1.61. The SMILES string of the molecule is Cc1nc(COc2cccc(/C=C/C(=O)NCc3ccccc3)c2)cs1. The van der Waals surface area contributed by atoms with Gasteiger partial charge in [0.1, 0.15) is 12.4 Å². The molecule has 0 radical (unpaired) electrons. The molecule has 4 nitrogen and oxygen atoms in total. The normalized spacial score (nSPS) is 10.8. The zero-order valence-electron chi connectivity index (χ0n) is 14.5. The van der Waals surface area contributed by atoms with Gasteiger partial charge in [0.2, 0.25) is 5.91 Å². The Morgan fingerprint density at radius 2 is 2.04 bits per heavy atom. The molecular weight excluding hydrogens is 344 g/mol. The minimum Gasteiger partial charge on any atom is -0.487 e. The molecule has 0 saturated carbocycles. The van der Waals surface area contributed by atoms with Crippen LogP contribution < -0.4 is 10.1 Å². The van der Waals surface area contributed by atoms with Gasteiger partial charge in [-0.15, -0.1) is 11.3 Å². The molecule has 1 N–H and O–H groups in total. The first-order valence-corrected chi connectivity index (χ1v) is 9.21. The second-order valence-corrected chi connectivity index (χ2v) is 6.82. The van der Waals surface area contributed by atoms with E-state index in [1.807, 2.05) is 66.9 Å². The van der Waals surface area contributed by atoms with E-state index < -0.39 is 0 Å². The van der Waals surface area contributed by atoms with Crippen LogP contribution >= 0.6 is 11.3 Å². The monoisotopic (exact) mass is 364 g/mol. The van der Waals surface area contributed by atoms with Gasteiger partial charge in [-0.25, -0.2) is 4.98 Å². The van der Waals surface area contributed by atoms with E-state index in [2.05, 4.69) is 10.3 Å². The Morgan fingerprint density at radius 3 is 2.81 bits per heavy atom. The maximum absolute atomic E-state index is 12.0. The first kappa shape index (κ1) is 17.9. The quantitative estimate of drug-likeness (QED) is 0.634. The van der Waals surface area contributed by atoms with Crippen LogP contribution in [0.5, 0.6) is 5.75 Å². The molecule has 1 aromatic heterocycles. The van der Waals surface area contributed by atoms with E-state index in [1.165, 1.54) is 6.08 Å². The van der Waals surface area contributed by atoms with Gasteiger partial charge < -0.3 is 10.1 Å². The third-order valence-corrected chi connectivity index (χ3v) is 4.47. The molecule has 5 heteroatoms. The smallest absolute Gasteiger partial charge is 0.244 e. The minimum absolute atomic E-state index is 0.127. The minimum atomic E-state index is -0.127. The maximum atomic E-state index is 12.0. The summed E-state index contributed by atoms with van der Waals surface area (Å²) in [5.74, 6) is 0.626. The Kier molecular flexibility index (Phi) is 6.17. The number of rotatable bonds is 7. The summed E-state index contributed by atoms with van der Waals surface area (Å²) in [5, 5.41) is 5.89. The summed E-state index contributed by atoms with van der Waals surface area (Å²) in [5.41, 5.74) is 2.91. The Labute approximate surface area is 157 Å². The number of aryl methyl sites for hydroxylation is 1. The van der Waals surface area contributed by atoms with Crippen LogP contribution in [0.15, 0.2) is 66.1 Å². The standard InChI is InChI=1S/C21H20N2O2S/c1-16-23-19(15-26-16)14-25-20-9-5-8-17(12-20)10-11-21(24)22-13-18-6-3-2-4-7-18/h2-12,15H,13-14H2,1H3,(H,22,24)/b11-10+. The summed E-state index contributed by atoms with van der Waals surface area (Å²) in [6.07, 6.45) is 3.31. The predicted molar refractivity (Wildman–Crippen MR) is 105 cm³/mol. The molecule has 26 heavy (non-hydrogen) atoms. The lowest BCUT2D eigenvalue weighted by molar-refractivity contribution is -0.116. The van der Waals surface area contributed by atoms with E-state index in [9.17, 15) is 4.79 Å². The summed E-state index contributed by atoms with van der Waals surface area (Å²) in [7, 11) is 0. The van der Waals surface area contributed by atoms with Crippen LogP contribution in [-0.4, -0.2) is 10.9 Å². The number of nitrogens with zero attached hydrogens (tertiary/aromatic N) is 1. The highest BCUT2D eigenvalue weighted by Crippen LogP contribution is 2.17. The third kappa shape index (κ3) is 5.57. The number of hydrogen-bond donors (Lipinski definition) is 1. The summed E-state index contributed by atoms with van der Waals surface area (Å²) in [4.78, 5) is 16.3. The van der Waals surface area contributed by atoms with Gasteiger partial charge in [0, 0.05) is 18.0 Å². The molecule has 132 valence electrons. The summed E-state index contributed by atoms with van der Waals surface area (Å²) < 4.78 is 5.77. The van der Waals surface area contributed by atoms with Crippen molar-refractivity contribution >= 4 is 23.3 Å². The first-order valence-electron chi connectivity index (χ1n) is 8.33. The molecule has 0 spiro atoms. The predicted octanol–water partition coefficient (Wildman–Crippen LogP) is 4.36. The summed E-state index contributed by atoms with van der Waals surface area (Å²) in [6, 6.07) is 17.5. The third-order valence-electron chi connectivity index (χ3n) is 3.65. The molecule has 0 aliphatic carbocycles. The number of aromatic nitrogens is 1. The van der Waals surface area contributed by atoms with Crippen LogP contribution in [0.1, 0.15) is 21.8 Å². The van der Waals surface area contributed by atoms with Crippen molar-refractivity contribution in [2.75, 3.05) is 0 Å². The van der Waals surface area contributed by atoms with Crippen molar-refractivity contribution in [3.05, 3.63) is 87.9 Å². The average molecular weight is 364 g/mol. The van der Waals surface area contributed by atoms with Crippen LogP contribution in [0.3, 0.4) is 0 Å². The van der Waals surface area contributed by atoms with Gasteiger partial charge in [0.15, 0.2) is 0 Å². The molecule has 3 aromatic rings. The highest BCUT2D eigenvalue weighted by atomic mass is 32.1. The molecule has 0 saturated heterocycles. The van der Waals surface area contributed by atoms with Crippen molar-refractivity contribution in [3.63, 3.8) is 0 Å². The zero-order chi connectivity index (χ0) is 18.2. The van der Waals surface area contributed by atoms with Crippen LogP contribution in [0.25, 0.3) is 6.08 Å². The fraction of sp³-hybridized carbons (Fsp3) is 0.143. The molecule has 0 atom stereocenters. The van der Waals surface area contributed by atoms with Crippen LogP contribution in [0, 0.1) is 6.92 Å². The van der Waals surface area contributed by atoms with Gasteiger partial charge in [-0.05, 0) is 36.3 Å². The highest BCUT2D eigenvalue weighted by Gasteiger charge is 2.01. The van der Waals surface area contributed by atoms with Crippen LogP contribution in [0.4, 0.5) is 0 Å². The van der Waals surface area contributed by atoms with Gasteiger partial charge in [-0.3, -0.25) is 4.79 Å². The zero-order valence-corrected chi connectivity index (χ0v) is 15.3. The first-order chi connectivity index (χ1) is 12.7. The van der Waals surface area contributed by atoms with Gasteiger partial charge >= 0.3 is 0 Å². The largest absolute Gasteiger partial charge is 0.487 e. The number of benzene rings is 2. The van der Waals surface area contributed by atoms with Crippen molar-refractivity contribution in [3.8, 4) is 5.75 Å². The number of nitrogens with one attached hydrogen (secondary N) is 1. The molecule has 1 amide bonds. The number of hydrogen-bond acceptors (Lipinski definition) is 4. The molecule has 0 unspecified atom stereocenters. The number of amides is 1. The van der Waals surface area contributed by atoms with Gasteiger partial charge in [-0.2, -0.15) is 0 Å². The van der Waals surface area contributed by atoms with E-state index in [0.29, 0.717) is 13.2 Å². The molecule has 0 aliphatic rings. The van der Waals surface area contributed by atoms with E-state index in [-0.39, 0.29) is 5.91 Å². The van der Waals surface area contributed by atoms with E-state index in [4.69, 9.17) is 4.74 Å². The average Bonchev–Trinajstić information content (AvgIpc) is 3.09. The fourth-order valence-corrected chi connectivity index (χ4v) is 2.95. The van der Waals surface area contributed by atoms with Crippen molar-refractivity contribution in [1.29, 1.82) is 0 Å². The lowest BCUT2D eigenvalue weighted by Crippen LogP contribution is -2.20. The number of carbonyl (C=O) groups is 1. The molecule has 0 fully saturated rings. The van der Waals surface area contributed by atoms with E-state index >= 15 is 0 Å². The molecule has 2 aromatic carbocycles. The highest BCUT2D eigenvalue weighted by molar-refractivity contribution is 7.09. The Balaban J connectivity index is 1.52. The van der Waals surface area contributed by atoms with Crippen molar-refractivity contribution < 1.29 is 9.53 Å². The molecular formula is C21H20N2O2S. The van der Waals surface area contributed by atoms with E-state index in [1.54, 1.807) is 17.4 Å². The van der Waals surface area contributed by atoms with Crippen molar-refractivity contribution in [1.82, 2.24) is 10.3 Å².